The molecule has 2 unspecified atom stereocenters. The van der Waals surface area contributed by atoms with Gasteiger partial charge in [0.15, 0.2) is 0 Å². The summed E-state index contributed by atoms with van der Waals surface area (Å²) in [6.07, 6.45) is 0. The van der Waals surface area contributed by atoms with Gasteiger partial charge in [-0.1, -0.05) is 54.6 Å². The Morgan fingerprint density at radius 1 is 0.926 bits per heavy atom. The second kappa shape index (κ2) is 8.13. The van der Waals surface area contributed by atoms with Gasteiger partial charge in [-0.15, -0.1) is 0 Å². The van der Waals surface area contributed by atoms with Crippen molar-refractivity contribution in [3.8, 4) is 11.1 Å². The molecule has 0 amide bonds. The fourth-order valence-electron chi connectivity index (χ4n) is 2.91. The highest BCUT2D eigenvalue weighted by atomic mass is 16.6. The van der Waals surface area contributed by atoms with Crippen LogP contribution in [-0.2, 0) is 9.59 Å². The Bertz CT molecular complexity index is 870. The normalized spacial score (nSPS) is 12.6. The van der Waals surface area contributed by atoms with Crippen LogP contribution in [0.15, 0.2) is 66.2 Å². The molecule has 0 saturated heterocycles. The molecule has 0 saturated carbocycles. The summed E-state index contributed by atoms with van der Waals surface area (Å²) in [5.41, 5.74) is 0.597. The van der Waals surface area contributed by atoms with Crippen LogP contribution in [0.3, 0.4) is 0 Å². The van der Waals surface area contributed by atoms with Gasteiger partial charge < -0.3 is 15.3 Å². The van der Waals surface area contributed by atoms with Crippen molar-refractivity contribution in [3.05, 3.63) is 81.9 Å². The van der Waals surface area contributed by atoms with Crippen LogP contribution in [0.1, 0.15) is 18.4 Å². The minimum atomic E-state index is -1.85. The van der Waals surface area contributed by atoms with Gasteiger partial charge in [0.1, 0.15) is 17.6 Å². The molecule has 0 spiro atoms. The quantitative estimate of drug-likeness (QED) is 0.294. The predicted molar refractivity (Wildman–Crippen MR) is 95.7 cm³/mol. The number of nitrogens with zero attached hydrogens (tertiary/aromatic N) is 1. The minimum absolute atomic E-state index is 0.101. The lowest BCUT2D eigenvalue weighted by molar-refractivity contribution is -0.436. The number of carboxylic acids is 1. The molecule has 0 aliphatic heterocycles. The Balaban J connectivity index is 2.60. The number of benzene rings is 2. The summed E-state index contributed by atoms with van der Waals surface area (Å²) in [5.74, 6) is -7.59. The summed E-state index contributed by atoms with van der Waals surface area (Å²) in [5, 5.41) is 39.4. The van der Waals surface area contributed by atoms with E-state index in [1.807, 2.05) is 30.3 Å². The zero-order valence-corrected chi connectivity index (χ0v) is 14.3. The van der Waals surface area contributed by atoms with Crippen LogP contribution in [0.4, 0.5) is 0 Å². The zero-order chi connectivity index (χ0) is 20.1. The van der Waals surface area contributed by atoms with Crippen molar-refractivity contribution in [2.45, 2.75) is 12.8 Å². The molecule has 8 heteroatoms. The zero-order valence-electron chi connectivity index (χ0n) is 14.3. The lowest BCUT2D eigenvalue weighted by Crippen LogP contribution is -2.32. The lowest BCUT2D eigenvalue weighted by atomic mass is 9.81. The molecule has 0 aliphatic carbocycles. The molecule has 140 valence electrons. The molecule has 0 heterocycles. The number of rotatable bonds is 7. The number of hydrogen-bond acceptors (Lipinski definition) is 6. The average Bonchev–Trinajstić information content (AvgIpc) is 2.61. The number of nitro groups is 1. The van der Waals surface area contributed by atoms with E-state index in [-0.39, 0.29) is 5.56 Å². The minimum Gasteiger partial charge on any atom is -0.481 e. The van der Waals surface area contributed by atoms with Crippen molar-refractivity contribution >= 4 is 11.8 Å². The van der Waals surface area contributed by atoms with Gasteiger partial charge in [0.2, 0.25) is 0 Å². The van der Waals surface area contributed by atoms with Crippen molar-refractivity contribution in [1.29, 1.82) is 0 Å². The number of allylic oxidation sites excluding steroid dienone is 1. The van der Waals surface area contributed by atoms with E-state index in [0.717, 1.165) is 18.1 Å². The first-order chi connectivity index (χ1) is 12.7. The van der Waals surface area contributed by atoms with Crippen molar-refractivity contribution in [2.75, 3.05) is 0 Å². The molecule has 2 aromatic rings. The monoisotopic (exact) mass is 371 g/mol. The summed E-state index contributed by atoms with van der Waals surface area (Å²) in [6, 6.07) is 15.3. The van der Waals surface area contributed by atoms with Gasteiger partial charge in [0, 0.05) is 0 Å². The predicted octanol–water partition coefficient (Wildman–Crippen LogP) is 3.29. The smallest absolute Gasteiger partial charge is 0.351 e. The molecule has 2 atom stereocenters. The Hall–Kier alpha value is -3.68. The lowest BCUT2D eigenvalue weighted by Gasteiger charge is -2.20. The third kappa shape index (κ3) is 4.30. The molecular weight excluding hydrogens is 354 g/mol. The number of aliphatic hydroxyl groups excluding tert-OH is 1. The van der Waals surface area contributed by atoms with Crippen LogP contribution in [-0.4, -0.2) is 32.0 Å². The number of carbonyl (C=O) groups is 2. The van der Waals surface area contributed by atoms with Gasteiger partial charge >= 0.3 is 17.6 Å². The molecule has 2 aromatic carbocycles. The molecule has 0 bridgehead atoms. The molecule has 3 N–H and O–H groups in total. The highest BCUT2D eigenvalue weighted by Gasteiger charge is 2.44. The van der Waals surface area contributed by atoms with E-state index in [9.17, 15) is 35.0 Å². The second-order valence-electron chi connectivity index (χ2n) is 5.86. The molecule has 8 nitrogen and oxygen atoms in total. The number of carbonyl (C=O) groups excluding carboxylic acids is 1. The van der Waals surface area contributed by atoms with Gasteiger partial charge in [0.25, 0.3) is 0 Å². The van der Waals surface area contributed by atoms with E-state index >= 15 is 0 Å². The van der Waals surface area contributed by atoms with Gasteiger partial charge in [-0.05, 0) is 23.6 Å². The number of Topliss-reactive ketones (excluding diaryl/α,β-unsaturated/α-hetero) is 1. The summed E-state index contributed by atoms with van der Waals surface area (Å²) in [7, 11) is 0. The largest absolute Gasteiger partial charge is 0.481 e. The molecular formula is C19H17NO7. The maximum absolute atomic E-state index is 11.8. The van der Waals surface area contributed by atoms with E-state index in [1.54, 1.807) is 12.1 Å². The standard InChI is InChI=1S/C19H17NO7/c1-11(21)15(18(22)23)16(17(19(24)25)20(26)27)14-9-7-13(8-10-14)12-5-3-2-4-6-12/h2-10,15-16,24-25H,1H3,(H,22,23). The topological polar surface area (TPSA) is 138 Å². The molecule has 0 radical (unpaired) electrons. The van der Waals surface area contributed by atoms with Crippen LogP contribution < -0.4 is 0 Å². The molecule has 0 aromatic heterocycles. The van der Waals surface area contributed by atoms with Crippen LogP contribution in [0.2, 0.25) is 0 Å². The Morgan fingerprint density at radius 2 is 1.44 bits per heavy atom. The maximum Gasteiger partial charge on any atom is 0.351 e. The summed E-state index contributed by atoms with van der Waals surface area (Å²) in [4.78, 5) is 33.6. The number of carboxylic acid groups (broad SMARTS) is 1. The van der Waals surface area contributed by atoms with Gasteiger partial charge in [-0.2, -0.15) is 0 Å². The SMILES string of the molecule is CC(=O)C(C(=O)O)C(C(=C(O)O)[N+](=O)[O-])c1ccc(-c2ccccc2)cc1. The fraction of sp³-hybridized carbons (Fsp3) is 0.158. The van der Waals surface area contributed by atoms with E-state index in [4.69, 9.17) is 0 Å². The van der Waals surface area contributed by atoms with E-state index in [0.29, 0.717) is 0 Å². The van der Waals surface area contributed by atoms with Crippen molar-refractivity contribution in [3.63, 3.8) is 0 Å². The highest BCUT2D eigenvalue weighted by molar-refractivity contribution is 5.98. The molecule has 0 aliphatic rings. The van der Waals surface area contributed by atoms with Crippen molar-refractivity contribution in [2.24, 2.45) is 5.92 Å². The summed E-state index contributed by atoms with van der Waals surface area (Å²) < 4.78 is 0. The first kappa shape index (κ1) is 19.6. The van der Waals surface area contributed by atoms with E-state index in [2.05, 4.69) is 0 Å². The van der Waals surface area contributed by atoms with Crippen molar-refractivity contribution in [1.82, 2.24) is 0 Å². The number of aliphatic carboxylic acids is 1. The second-order valence-corrected chi connectivity index (χ2v) is 5.86. The first-order valence-electron chi connectivity index (χ1n) is 7.89. The van der Waals surface area contributed by atoms with Crippen LogP contribution in [0, 0.1) is 16.0 Å². The van der Waals surface area contributed by atoms with E-state index in [1.165, 1.54) is 12.1 Å². The van der Waals surface area contributed by atoms with Gasteiger partial charge in [0.05, 0.1) is 4.92 Å². The van der Waals surface area contributed by atoms with Crippen LogP contribution in [0.5, 0.6) is 0 Å². The van der Waals surface area contributed by atoms with Crippen LogP contribution >= 0.6 is 0 Å². The van der Waals surface area contributed by atoms with Gasteiger partial charge in [-0.25, -0.2) is 0 Å². The third-order valence-corrected chi connectivity index (χ3v) is 4.13. The Morgan fingerprint density at radius 3 is 1.85 bits per heavy atom. The number of aliphatic hydroxyl groups is 2. The molecule has 0 fully saturated rings. The Kier molecular flexibility index (Phi) is 5.92. The first-order valence-corrected chi connectivity index (χ1v) is 7.89. The fourth-order valence-corrected chi connectivity index (χ4v) is 2.91. The van der Waals surface area contributed by atoms with Crippen LogP contribution in [0.25, 0.3) is 11.1 Å². The molecule has 27 heavy (non-hydrogen) atoms. The highest BCUT2D eigenvalue weighted by Crippen LogP contribution is 2.35. The van der Waals surface area contributed by atoms with Crippen molar-refractivity contribution < 1.29 is 29.8 Å². The molecule has 2 rings (SSSR count). The van der Waals surface area contributed by atoms with E-state index < -0.39 is 40.2 Å². The van der Waals surface area contributed by atoms with Gasteiger partial charge in [-0.3, -0.25) is 19.7 Å². The Labute approximate surface area is 154 Å². The summed E-state index contributed by atoms with van der Waals surface area (Å²) in [6.45, 7) is 0.982. The number of ketones is 1. The maximum atomic E-state index is 11.8. The number of hydrogen-bond donors (Lipinski definition) is 3. The third-order valence-electron chi connectivity index (χ3n) is 4.13. The summed E-state index contributed by atoms with van der Waals surface area (Å²) >= 11 is 0. The average molecular weight is 371 g/mol.